The highest BCUT2D eigenvalue weighted by atomic mass is 79.9. The average molecular weight is 322 g/mol. The molecule has 0 fully saturated rings. The first-order valence-corrected chi connectivity index (χ1v) is 7.53. The zero-order chi connectivity index (χ0) is 13.1. The van der Waals surface area contributed by atoms with Gasteiger partial charge in [-0.15, -0.1) is 0 Å². The van der Waals surface area contributed by atoms with Crippen LogP contribution in [0, 0.1) is 5.92 Å². The van der Waals surface area contributed by atoms with E-state index in [2.05, 4.69) is 20.7 Å². The van der Waals surface area contributed by atoms with E-state index >= 15 is 0 Å². The van der Waals surface area contributed by atoms with E-state index in [0.29, 0.717) is 16.6 Å². The molecule has 0 amide bonds. The number of hydrogen-bond donors (Lipinski definition) is 2. The Morgan fingerprint density at radius 2 is 2.06 bits per heavy atom. The topological polar surface area (TPSA) is 66.4 Å². The van der Waals surface area contributed by atoms with Crippen LogP contribution in [0.1, 0.15) is 19.4 Å². The Morgan fingerprint density at radius 3 is 2.53 bits per heavy atom. The second-order valence-electron chi connectivity index (χ2n) is 4.17. The standard InChI is InChI=1S/C11H16BrNO3S/c1-8(2)6-13-17(15,16)11-4-3-9(7-14)5-10(11)12/h3-5,8,13-14H,6-7H2,1-2H3. The van der Waals surface area contributed by atoms with Gasteiger partial charge in [0.2, 0.25) is 10.0 Å². The highest BCUT2D eigenvalue weighted by Crippen LogP contribution is 2.23. The Balaban J connectivity index is 2.99. The minimum absolute atomic E-state index is 0.113. The third-order valence-corrected chi connectivity index (χ3v) is 4.55. The molecule has 0 heterocycles. The second kappa shape index (κ2) is 5.95. The fourth-order valence-electron chi connectivity index (χ4n) is 1.21. The lowest BCUT2D eigenvalue weighted by molar-refractivity contribution is 0.281. The molecule has 0 saturated carbocycles. The molecule has 2 N–H and O–H groups in total. The average Bonchev–Trinajstić information content (AvgIpc) is 2.26. The highest BCUT2D eigenvalue weighted by Gasteiger charge is 2.17. The van der Waals surface area contributed by atoms with Crippen molar-refractivity contribution in [3.05, 3.63) is 28.2 Å². The summed E-state index contributed by atoms with van der Waals surface area (Å²) in [4.78, 5) is 0.190. The molecule has 0 bridgehead atoms. The molecule has 17 heavy (non-hydrogen) atoms. The minimum atomic E-state index is -3.49. The van der Waals surface area contributed by atoms with Crippen LogP contribution in [0.25, 0.3) is 0 Å². The summed E-state index contributed by atoms with van der Waals surface area (Å²) in [7, 11) is -3.49. The number of nitrogens with one attached hydrogen (secondary N) is 1. The molecule has 1 aromatic rings. The van der Waals surface area contributed by atoms with E-state index < -0.39 is 10.0 Å². The Bertz CT molecular complexity index is 485. The van der Waals surface area contributed by atoms with Gasteiger partial charge in [-0.2, -0.15) is 0 Å². The summed E-state index contributed by atoms with van der Waals surface area (Å²) in [5.41, 5.74) is 0.666. The van der Waals surface area contributed by atoms with Gasteiger partial charge in [-0.25, -0.2) is 13.1 Å². The fourth-order valence-corrected chi connectivity index (χ4v) is 3.55. The summed E-state index contributed by atoms with van der Waals surface area (Å²) >= 11 is 3.20. The first-order chi connectivity index (χ1) is 7.86. The third-order valence-electron chi connectivity index (χ3n) is 2.15. The molecule has 0 aliphatic heterocycles. The van der Waals surface area contributed by atoms with Crippen LogP contribution in [0.3, 0.4) is 0 Å². The van der Waals surface area contributed by atoms with E-state index in [1.807, 2.05) is 13.8 Å². The van der Waals surface area contributed by atoms with Gasteiger partial charge in [0.05, 0.1) is 11.5 Å². The van der Waals surface area contributed by atoms with Gasteiger partial charge in [0.1, 0.15) is 0 Å². The van der Waals surface area contributed by atoms with Gasteiger partial charge in [0.25, 0.3) is 0 Å². The Labute approximate surface area is 110 Å². The maximum absolute atomic E-state index is 12.0. The van der Waals surface area contributed by atoms with Crippen molar-refractivity contribution in [1.82, 2.24) is 4.72 Å². The van der Waals surface area contributed by atoms with Crippen molar-refractivity contribution in [3.8, 4) is 0 Å². The lowest BCUT2D eigenvalue weighted by atomic mass is 10.2. The molecule has 0 saturated heterocycles. The molecule has 96 valence electrons. The molecule has 0 aromatic heterocycles. The highest BCUT2D eigenvalue weighted by molar-refractivity contribution is 9.10. The largest absolute Gasteiger partial charge is 0.392 e. The zero-order valence-electron chi connectivity index (χ0n) is 9.77. The minimum Gasteiger partial charge on any atom is -0.392 e. The van der Waals surface area contributed by atoms with Crippen molar-refractivity contribution in [2.45, 2.75) is 25.3 Å². The number of aliphatic hydroxyl groups excluding tert-OH is 1. The van der Waals surface area contributed by atoms with Gasteiger partial charge in [0.15, 0.2) is 0 Å². The van der Waals surface area contributed by atoms with Crippen LogP contribution in [0.15, 0.2) is 27.6 Å². The van der Waals surface area contributed by atoms with Crippen LogP contribution in [0.4, 0.5) is 0 Å². The van der Waals surface area contributed by atoms with Crippen molar-refractivity contribution < 1.29 is 13.5 Å². The normalized spacial score (nSPS) is 12.1. The predicted molar refractivity (Wildman–Crippen MR) is 70.1 cm³/mol. The lowest BCUT2D eigenvalue weighted by Crippen LogP contribution is -2.27. The van der Waals surface area contributed by atoms with E-state index in [-0.39, 0.29) is 17.4 Å². The molecular weight excluding hydrogens is 306 g/mol. The van der Waals surface area contributed by atoms with Gasteiger partial charge < -0.3 is 5.11 Å². The smallest absolute Gasteiger partial charge is 0.241 e. The Morgan fingerprint density at radius 1 is 1.41 bits per heavy atom. The summed E-state index contributed by atoms with van der Waals surface area (Å²) in [6, 6.07) is 4.68. The van der Waals surface area contributed by atoms with Gasteiger partial charge in [-0.1, -0.05) is 19.9 Å². The maximum atomic E-state index is 12.0. The number of aliphatic hydroxyl groups is 1. The quantitative estimate of drug-likeness (QED) is 0.870. The zero-order valence-corrected chi connectivity index (χ0v) is 12.2. The van der Waals surface area contributed by atoms with E-state index in [1.54, 1.807) is 12.1 Å². The molecule has 0 spiro atoms. The van der Waals surface area contributed by atoms with Crippen molar-refractivity contribution in [1.29, 1.82) is 0 Å². The second-order valence-corrected chi connectivity index (χ2v) is 6.76. The monoisotopic (exact) mass is 321 g/mol. The van der Waals surface area contributed by atoms with Crippen LogP contribution in [-0.4, -0.2) is 20.1 Å². The van der Waals surface area contributed by atoms with Gasteiger partial charge in [0, 0.05) is 11.0 Å². The third kappa shape index (κ3) is 4.06. The lowest BCUT2D eigenvalue weighted by Gasteiger charge is -2.10. The van der Waals surface area contributed by atoms with Gasteiger partial charge >= 0.3 is 0 Å². The first-order valence-electron chi connectivity index (χ1n) is 5.25. The Hall–Kier alpha value is -0.430. The molecule has 0 aliphatic rings. The SMILES string of the molecule is CC(C)CNS(=O)(=O)c1ccc(CO)cc1Br. The molecule has 1 rings (SSSR count). The van der Waals surface area contributed by atoms with Crippen LogP contribution >= 0.6 is 15.9 Å². The van der Waals surface area contributed by atoms with Crippen LogP contribution < -0.4 is 4.72 Å². The first kappa shape index (κ1) is 14.6. The molecule has 4 nitrogen and oxygen atoms in total. The van der Waals surface area contributed by atoms with Crippen molar-refractivity contribution in [2.24, 2.45) is 5.92 Å². The number of sulfonamides is 1. The molecular formula is C11H16BrNO3S. The van der Waals surface area contributed by atoms with Crippen LogP contribution in [0.2, 0.25) is 0 Å². The maximum Gasteiger partial charge on any atom is 0.241 e. The van der Waals surface area contributed by atoms with E-state index in [4.69, 9.17) is 5.11 Å². The van der Waals surface area contributed by atoms with Crippen molar-refractivity contribution in [3.63, 3.8) is 0 Å². The molecule has 6 heteroatoms. The van der Waals surface area contributed by atoms with Gasteiger partial charge in [-0.05, 0) is 39.5 Å². The van der Waals surface area contributed by atoms with Crippen LogP contribution in [0.5, 0.6) is 0 Å². The predicted octanol–water partition coefficient (Wildman–Crippen LogP) is 1.88. The number of hydrogen-bond acceptors (Lipinski definition) is 3. The van der Waals surface area contributed by atoms with E-state index in [0.717, 1.165) is 0 Å². The number of rotatable bonds is 5. The summed E-state index contributed by atoms with van der Waals surface area (Å²) < 4.78 is 26.9. The fraction of sp³-hybridized carbons (Fsp3) is 0.455. The number of halogens is 1. The van der Waals surface area contributed by atoms with Crippen molar-refractivity contribution in [2.75, 3.05) is 6.54 Å². The van der Waals surface area contributed by atoms with Crippen LogP contribution in [-0.2, 0) is 16.6 Å². The summed E-state index contributed by atoms with van der Waals surface area (Å²) in [6.45, 7) is 4.16. The molecule has 0 unspecified atom stereocenters. The molecule has 0 radical (unpaired) electrons. The summed E-state index contributed by atoms with van der Waals surface area (Å²) in [5.74, 6) is 0.250. The van der Waals surface area contributed by atoms with E-state index in [1.165, 1.54) is 6.07 Å². The molecule has 0 aliphatic carbocycles. The molecule has 1 aromatic carbocycles. The molecule has 0 atom stereocenters. The summed E-state index contributed by atoms with van der Waals surface area (Å²) in [6.07, 6.45) is 0. The Kier molecular flexibility index (Phi) is 5.12. The summed E-state index contributed by atoms with van der Waals surface area (Å²) in [5, 5.41) is 8.95. The van der Waals surface area contributed by atoms with Gasteiger partial charge in [-0.3, -0.25) is 0 Å². The van der Waals surface area contributed by atoms with Crippen molar-refractivity contribution >= 4 is 26.0 Å². The van der Waals surface area contributed by atoms with E-state index in [9.17, 15) is 8.42 Å². The number of benzene rings is 1.